The number of aromatic nitrogens is 2. The summed E-state index contributed by atoms with van der Waals surface area (Å²) in [7, 11) is 0. The third-order valence-electron chi connectivity index (χ3n) is 2.98. The van der Waals surface area contributed by atoms with Crippen LogP contribution < -0.4 is 5.32 Å². The van der Waals surface area contributed by atoms with Crippen LogP contribution in [0.3, 0.4) is 0 Å². The highest BCUT2D eigenvalue weighted by atomic mass is 14.9. The first-order chi connectivity index (χ1) is 8.90. The topological polar surface area (TPSA) is 37.8 Å². The van der Waals surface area contributed by atoms with Crippen molar-refractivity contribution in [2.75, 3.05) is 6.54 Å². The van der Waals surface area contributed by atoms with Crippen molar-refractivity contribution < 1.29 is 0 Å². The molecule has 2 aromatic rings. The fourth-order valence-corrected chi connectivity index (χ4v) is 2.07. The van der Waals surface area contributed by atoms with Gasteiger partial charge in [0, 0.05) is 30.8 Å². The molecule has 0 bridgehead atoms. The molecule has 2 rings (SSSR count). The molecule has 0 spiro atoms. The van der Waals surface area contributed by atoms with Gasteiger partial charge in [0.1, 0.15) is 0 Å². The zero-order valence-corrected chi connectivity index (χ0v) is 10.7. The predicted molar refractivity (Wildman–Crippen MR) is 73.2 cm³/mol. The molecular weight excluding hydrogens is 222 g/mol. The molecule has 0 saturated heterocycles. The fourth-order valence-electron chi connectivity index (χ4n) is 2.07. The van der Waals surface area contributed by atoms with Crippen LogP contribution in [0, 0.1) is 0 Å². The number of rotatable bonds is 6. The number of nitrogens with one attached hydrogen (secondary N) is 1. The lowest BCUT2D eigenvalue weighted by Gasteiger charge is -2.17. The quantitative estimate of drug-likeness (QED) is 0.845. The van der Waals surface area contributed by atoms with Gasteiger partial charge in [0.15, 0.2) is 0 Å². The van der Waals surface area contributed by atoms with E-state index in [1.54, 1.807) is 0 Å². The summed E-state index contributed by atoms with van der Waals surface area (Å²) in [6.07, 6.45) is 9.59. The second kappa shape index (κ2) is 6.87. The van der Waals surface area contributed by atoms with Crippen LogP contribution in [0.4, 0.5) is 0 Å². The van der Waals surface area contributed by atoms with E-state index in [4.69, 9.17) is 0 Å². The molecule has 1 atom stereocenters. The van der Waals surface area contributed by atoms with Crippen LogP contribution in [0.1, 0.15) is 30.5 Å². The van der Waals surface area contributed by atoms with Gasteiger partial charge >= 0.3 is 0 Å². The van der Waals surface area contributed by atoms with Gasteiger partial charge in [-0.15, -0.1) is 0 Å². The molecule has 1 unspecified atom stereocenters. The predicted octanol–water partition coefficient (Wildman–Crippen LogP) is 2.76. The maximum atomic E-state index is 4.19. The molecule has 0 aliphatic heterocycles. The van der Waals surface area contributed by atoms with E-state index in [9.17, 15) is 0 Å². The van der Waals surface area contributed by atoms with Gasteiger partial charge in [0.2, 0.25) is 0 Å². The highest BCUT2D eigenvalue weighted by Gasteiger charge is 2.10. The van der Waals surface area contributed by atoms with E-state index in [0.29, 0.717) is 6.04 Å². The first-order valence-corrected chi connectivity index (χ1v) is 6.42. The zero-order valence-electron chi connectivity index (χ0n) is 10.7. The molecule has 0 fully saturated rings. The lowest BCUT2D eigenvalue weighted by molar-refractivity contribution is 0.514. The molecule has 0 amide bonds. The lowest BCUT2D eigenvalue weighted by Crippen LogP contribution is -2.21. The van der Waals surface area contributed by atoms with Crippen molar-refractivity contribution in [3.05, 3.63) is 60.2 Å². The van der Waals surface area contributed by atoms with Crippen molar-refractivity contribution in [3.63, 3.8) is 0 Å². The average Bonchev–Trinajstić information content (AvgIpc) is 2.45. The summed E-state index contributed by atoms with van der Waals surface area (Å²) in [5.41, 5.74) is 2.53. The van der Waals surface area contributed by atoms with Crippen molar-refractivity contribution in [3.8, 4) is 0 Å². The summed E-state index contributed by atoms with van der Waals surface area (Å²) in [6.45, 7) is 3.10. The molecule has 0 aromatic carbocycles. The van der Waals surface area contributed by atoms with E-state index in [-0.39, 0.29) is 0 Å². The first-order valence-electron chi connectivity index (χ1n) is 6.42. The maximum Gasteiger partial charge on any atom is 0.0338 e. The fraction of sp³-hybridized carbons (Fsp3) is 0.333. The molecule has 94 valence electrons. The summed E-state index contributed by atoms with van der Waals surface area (Å²) in [5, 5.41) is 3.51. The second-order valence-electron chi connectivity index (χ2n) is 4.30. The number of hydrogen-bond donors (Lipinski definition) is 1. The van der Waals surface area contributed by atoms with E-state index in [2.05, 4.69) is 34.3 Å². The van der Waals surface area contributed by atoms with E-state index >= 15 is 0 Å². The SMILES string of the molecule is CCNC(CCc1cccnc1)c1cccnc1. The molecule has 3 heteroatoms. The van der Waals surface area contributed by atoms with E-state index in [1.807, 2.05) is 36.9 Å². The Balaban J connectivity index is 1.99. The highest BCUT2D eigenvalue weighted by Crippen LogP contribution is 2.17. The molecule has 3 nitrogen and oxygen atoms in total. The van der Waals surface area contributed by atoms with Gasteiger partial charge in [-0.1, -0.05) is 19.1 Å². The Labute approximate surface area is 108 Å². The summed E-state index contributed by atoms with van der Waals surface area (Å²) in [4.78, 5) is 8.34. The summed E-state index contributed by atoms with van der Waals surface area (Å²) >= 11 is 0. The third-order valence-corrected chi connectivity index (χ3v) is 2.98. The Hall–Kier alpha value is -1.74. The van der Waals surface area contributed by atoms with Crippen LogP contribution in [0.5, 0.6) is 0 Å². The van der Waals surface area contributed by atoms with Gasteiger partial charge < -0.3 is 5.32 Å². The lowest BCUT2D eigenvalue weighted by atomic mass is 10.0. The number of nitrogens with zero attached hydrogens (tertiary/aromatic N) is 2. The van der Waals surface area contributed by atoms with E-state index < -0.39 is 0 Å². The molecule has 18 heavy (non-hydrogen) atoms. The van der Waals surface area contributed by atoms with Gasteiger partial charge in [0.25, 0.3) is 0 Å². The van der Waals surface area contributed by atoms with Crippen LogP contribution >= 0.6 is 0 Å². The Kier molecular flexibility index (Phi) is 4.85. The normalized spacial score (nSPS) is 12.3. The van der Waals surface area contributed by atoms with Crippen molar-refractivity contribution in [1.29, 1.82) is 0 Å². The van der Waals surface area contributed by atoms with Crippen LogP contribution in [0.25, 0.3) is 0 Å². The number of pyridine rings is 2. The molecule has 0 aliphatic rings. The van der Waals surface area contributed by atoms with Crippen molar-refractivity contribution in [1.82, 2.24) is 15.3 Å². The zero-order chi connectivity index (χ0) is 12.6. The molecule has 0 aliphatic carbocycles. The molecule has 2 heterocycles. The maximum absolute atomic E-state index is 4.19. The van der Waals surface area contributed by atoms with Crippen LogP contribution in [0.2, 0.25) is 0 Å². The standard InChI is InChI=1S/C15H19N3/c1-2-18-15(14-6-4-10-17-12-14)8-7-13-5-3-9-16-11-13/h3-6,9-12,15,18H,2,7-8H2,1H3. The first kappa shape index (κ1) is 12.7. The Morgan fingerprint density at radius 1 is 1.11 bits per heavy atom. The minimum Gasteiger partial charge on any atom is -0.310 e. The average molecular weight is 241 g/mol. The minimum atomic E-state index is 0.365. The van der Waals surface area contributed by atoms with Gasteiger partial charge in [-0.05, 0) is 42.6 Å². The largest absolute Gasteiger partial charge is 0.310 e. The molecule has 2 aromatic heterocycles. The molecule has 1 N–H and O–H groups in total. The van der Waals surface area contributed by atoms with Gasteiger partial charge in [-0.3, -0.25) is 9.97 Å². The van der Waals surface area contributed by atoms with Crippen molar-refractivity contribution >= 4 is 0 Å². The van der Waals surface area contributed by atoms with Crippen molar-refractivity contribution in [2.45, 2.75) is 25.8 Å². The number of hydrogen-bond acceptors (Lipinski definition) is 3. The van der Waals surface area contributed by atoms with Crippen LogP contribution in [-0.4, -0.2) is 16.5 Å². The van der Waals surface area contributed by atoms with Gasteiger partial charge in [0.05, 0.1) is 0 Å². The summed E-state index contributed by atoms with van der Waals surface area (Å²) in [6, 6.07) is 8.60. The van der Waals surface area contributed by atoms with E-state index in [0.717, 1.165) is 19.4 Å². The van der Waals surface area contributed by atoms with Crippen LogP contribution in [-0.2, 0) is 6.42 Å². The van der Waals surface area contributed by atoms with E-state index in [1.165, 1.54) is 11.1 Å². The van der Waals surface area contributed by atoms with Gasteiger partial charge in [-0.2, -0.15) is 0 Å². The van der Waals surface area contributed by atoms with Gasteiger partial charge in [-0.25, -0.2) is 0 Å². The molecular formula is C15H19N3. The second-order valence-corrected chi connectivity index (χ2v) is 4.30. The summed E-state index contributed by atoms with van der Waals surface area (Å²) in [5.74, 6) is 0. The minimum absolute atomic E-state index is 0.365. The monoisotopic (exact) mass is 241 g/mol. The summed E-state index contributed by atoms with van der Waals surface area (Å²) < 4.78 is 0. The smallest absolute Gasteiger partial charge is 0.0338 e. The Morgan fingerprint density at radius 2 is 1.89 bits per heavy atom. The molecule has 0 radical (unpaired) electrons. The number of aryl methyl sites for hydroxylation is 1. The third kappa shape index (κ3) is 3.64. The van der Waals surface area contributed by atoms with Crippen molar-refractivity contribution in [2.24, 2.45) is 0 Å². The molecule has 0 saturated carbocycles. The van der Waals surface area contributed by atoms with Crippen LogP contribution in [0.15, 0.2) is 49.1 Å². The highest BCUT2D eigenvalue weighted by molar-refractivity contribution is 5.15. The Bertz CT molecular complexity index is 442. The Morgan fingerprint density at radius 3 is 2.50 bits per heavy atom.